The molecule has 2 rings (SSSR count). The third kappa shape index (κ3) is 2.79. The molecule has 2 aromatic rings. The topological polar surface area (TPSA) is 27.7 Å². The molecule has 0 spiro atoms. The smallest absolute Gasteiger partial charge is 0.130 e. The molecular weight excluding hydrogens is 340 g/mol. The van der Waals surface area contributed by atoms with E-state index in [2.05, 4.69) is 33.6 Å². The van der Waals surface area contributed by atoms with Crippen LogP contribution in [0.15, 0.2) is 22.9 Å². The van der Waals surface area contributed by atoms with Crippen LogP contribution in [0.4, 0.5) is 0 Å². The van der Waals surface area contributed by atoms with E-state index in [1.54, 1.807) is 32.7 Å². The lowest BCUT2D eigenvalue weighted by Gasteiger charge is -2.19. The fraction of sp³-hybridized carbons (Fsp3) is 0.333. The van der Waals surface area contributed by atoms with Gasteiger partial charge in [0, 0.05) is 12.1 Å². The molecule has 0 amide bonds. The van der Waals surface area contributed by atoms with Crippen molar-refractivity contribution in [2.75, 3.05) is 21.3 Å². The van der Waals surface area contributed by atoms with Crippen LogP contribution in [0, 0.1) is 6.92 Å². The number of aryl methyl sites for hydroxylation is 1. The Morgan fingerprint density at radius 3 is 2.00 bits per heavy atom. The SMILES string of the molecule is COc1cc(OC)c(C(Br)c2cscc2C)c(OC)c1. The van der Waals surface area contributed by atoms with Gasteiger partial charge >= 0.3 is 0 Å². The first-order chi connectivity index (χ1) is 9.62. The molecule has 0 saturated heterocycles. The summed E-state index contributed by atoms with van der Waals surface area (Å²) in [6.45, 7) is 2.10. The van der Waals surface area contributed by atoms with E-state index in [0.29, 0.717) is 5.75 Å². The lowest BCUT2D eigenvalue weighted by Crippen LogP contribution is -2.02. The summed E-state index contributed by atoms with van der Waals surface area (Å²) in [5.41, 5.74) is 3.44. The standard InChI is InChI=1S/C15H17BrO3S/c1-9-7-20-8-11(9)15(16)14-12(18-3)5-10(17-2)6-13(14)19-4/h5-8,15H,1-4H3. The Hall–Kier alpha value is -1.20. The maximum Gasteiger partial charge on any atom is 0.130 e. The Bertz CT molecular complexity index is 570. The number of hydrogen-bond donors (Lipinski definition) is 0. The Kier molecular flexibility index (Phi) is 4.94. The van der Waals surface area contributed by atoms with Gasteiger partial charge in [-0.25, -0.2) is 0 Å². The van der Waals surface area contributed by atoms with Gasteiger partial charge in [-0.15, -0.1) is 0 Å². The summed E-state index contributed by atoms with van der Waals surface area (Å²) in [7, 11) is 4.93. The highest BCUT2D eigenvalue weighted by Gasteiger charge is 2.23. The van der Waals surface area contributed by atoms with Crippen molar-refractivity contribution in [2.24, 2.45) is 0 Å². The van der Waals surface area contributed by atoms with Gasteiger partial charge in [-0.05, 0) is 28.8 Å². The van der Waals surface area contributed by atoms with Gasteiger partial charge in [0.15, 0.2) is 0 Å². The van der Waals surface area contributed by atoms with Crippen molar-refractivity contribution in [3.63, 3.8) is 0 Å². The number of benzene rings is 1. The minimum absolute atomic E-state index is 0.0181. The number of hydrogen-bond acceptors (Lipinski definition) is 4. The molecule has 0 aliphatic carbocycles. The molecule has 0 aliphatic heterocycles. The fourth-order valence-electron chi connectivity index (χ4n) is 2.07. The van der Waals surface area contributed by atoms with Crippen LogP contribution in [0.5, 0.6) is 17.2 Å². The van der Waals surface area contributed by atoms with E-state index in [0.717, 1.165) is 17.1 Å². The number of rotatable bonds is 5. The summed E-state index contributed by atoms with van der Waals surface area (Å²) >= 11 is 5.45. The van der Waals surface area contributed by atoms with Crippen LogP contribution in [0.1, 0.15) is 21.5 Å². The molecule has 20 heavy (non-hydrogen) atoms. The fourth-order valence-corrected chi connectivity index (χ4v) is 4.06. The Labute approximate surface area is 131 Å². The van der Waals surface area contributed by atoms with Crippen molar-refractivity contribution < 1.29 is 14.2 Å². The van der Waals surface area contributed by atoms with Crippen LogP contribution in [-0.4, -0.2) is 21.3 Å². The number of halogens is 1. The van der Waals surface area contributed by atoms with Gasteiger partial charge in [-0.1, -0.05) is 15.9 Å². The summed E-state index contributed by atoms with van der Waals surface area (Å²) in [5.74, 6) is 2.20. The molecular formula is C15H17BrO3S. The second-order valence-corrected chi connectivity index (χ2v) is 5.98. The summed E-state index contributed by atoms with van der Waals surface area (Å²) in [5, 5.41) is 4.27. The van der Waals surface area contributed by atoms with Crippen LogP contribution in [0.25, 0.3) is 0 Å². The molecule has 0 fully saturated rings. The number of methoxy groups -OCH3 is 3. The average molecular weight is 357 g/mol. The molecule has 3 nitrogen and oxygen atoms in total. The van der Waals surface area contributed by atoms with Crippen LogP contribution >= 0.6 is 27.3 Å². The Morgan fingerprint density at radius 2 is 1.60 bits per heavy atom. The van der Waals surface area contributed by atoms with E-state index in [1.165, 1.54) is 11.1 Å². The minimum atomic E-state index is 0.0181. The molecule has 108 valence electrons. The predicted octanol–water partition coefficient (Wildman–Crippen LogP) is 4.57. The highest BCUT2D eigenvalue weighted by Crippen LogP contribution is 2.45. The van der Waals surface area contributed by atoms with Gasteiger partial charge in [-0.2, -0.15) is 11.3 Å². The average Bonchev–Trinajstić information content (AvgIpc) is 2.91. The molecule has 0 N–H and O–H groups in total. The van der Waals surface area contributed by atoms with Crippen molar-refractivity contribution in [1.82, 2.24) is 0 Å². The maximum absolute atomic E-state index is 5.50. The molecule has 1 unspecified atom stereocenters. The first kappa shape index (κ1) is 15.2. The van der Waals surface area contributed by atoms with Gasteiger partial charge in [0.25, 0.3) is 0 Å². The largest absolute Gasteiger partial charge is 0.496 e. The van der Waals surface area contributed by atoms with Gasteiger partial charge in [-0.3, -0.25) is 0 Å². The van der Waals surface area contributed by atoms with E-state index in [9.17, 15) is 0 Å². The van der Waals surface area contributed by atoms with E-state index < -0.39 is 0 Å². The number of thiophene rings is 1. The van der Waals surface area contributed by atoms with Gasteiger partial charge in [0.05, 0.1) is 31.7 Å². The van der Waals surface area contributed by atoms with Crippen LogP contribution < -0.4 is 14.2 Å². The highest BCUT2D eigenvalue weighted by molar-refractivity contribution is 9.09. The monoisotopic (exact) mass is 356 g/mol. The molecule has 1 aromatic carbocycles. The third-order valence-corrected chi connectivity index (χ3v) is 5.01. The van der Waals surface area contributed by atoms with Crippen molar-refractivity contribution in [2.45, 2.75) is 11.8 Å². The lowest BCUT2D eigenvalue weighted by atomic mass is 10.0. The quantitative estimate of drug-likeness (QED) is 0.734. The summed E-state index contributed by atoms with van der Waals surface area (Å²) in [6, 6.07) is 3.74. The molecule has 0 saturated carbocycles. The zero-order valence-corrected chi connectivity index (χ0v) is 14.3. The molecule has 0 bridgehead atoms. The molecule has 1 heterocycles. The van der Waals surface area contributed by atoms with Crippen molar-refractivity contribution in [1.29, 1.82) is 0 Å². The summed E-state index contributed by atoms with van der Waals surface area (Å²) < 4.78 is 16.3. The molecule has 1 atom stereocenters. The van der Waals surface area contributed by atoms with Crippen molar-refractivity contribution in [3.8, 4) is 17.2 Å². The predicted molar refractivity (Wildman–Crippen MR) is 85.9 cm³/mol. The zero-order valence-electron chi connectivity index (χ0n) is 11.9. The van der Waals surface area contributed by atoms with Gasteiger partial charge in [0.2, 0.25) is 0 Å². The second kappa shape index (κ2) is 6.50. The van der Waals surface area contributed by atoms with Crippen molar-refractivity contribution >= 4 is 27.3 Å². The third-order valence-electron chi connectivity index (χ3n) is 3.17. The highest BCUT2D eigenvalue weighted by atomic mass is 79.9. The van der Waals surface area contributed by atoms with Crippen LogP contribution in [0.2, 0.25) is 0 Å². The van der Waals surface area contributed by atoms with E-state index in [1.807, 2.05) is 12.1 Å². The maximum atomic E-state index is 5.50. The Balaban J connectivity index is 2.57. The number of ether oxygens (including phenoxy) is 3. The Morgan fingerprint density at radius 1 is 1.00 bits per heavy atom. The molecule has 5 heteroatoms. The van der Waals surface area contributed by atoms with Crippen LogP contribution in [-0.2, 0) is 0 Å². The van der Waals surface area contributed by atoms with Crippen LogP contribution in [0.3, 0.4) is 0 Å². The minimum Gasteiger partial charge on any atom is -0.496 e. The molecule has 1 aromatic heterocycles. The summed E-state index contributed by atoms with van der Waals surface area (Å²) in [4.78, 5) is 0.0181. The molecule has 0 radical (unpaired) electrons. The van der Waals surface area contributed by atoms with Gasteiger partial charge < -0.3 is 14.2 Å². The zero-order chi connectivity index (χ0) is 14.7. The van der Waals surface area contributed by atoms with Crippen molar-refractivity contribution in [3.05, 3.63) is 39.6 Å². The van der Waals surface area contributed by atoms with E-state index in [4.69, 9.17) is 14.2 Å². The van der Waals surface area contributed by atoms with E-state index in [-0.39, 0.29) is 4.83 Å². The number of alkyl halides is 1. The second-order valence-electron chi connectivity index (χ2n) is 4.32. The first-order valence-corrected chi connectivity index (χ1v) is 7.94. The lowest BCUT2D eigenvalue weighted by molar-refractivity contribution is 0.369. The normalized spacial score (nSPS) is 12.1. The summed E-state index contributed by atoms with van der Waals surface area (Å²) in [6.07, 6.45) is 0. The van der Waals surface area contributed by atoms with E-state index >= 15 is 0 Å². The van der Waals surface area contributed by atoms with Gasteiger partial charge in [0.1, 0.15) is 17.2 Å². The molecule has 0 aliphatic rings. The first-order valence-electron chi connectivity index (χ1n) is 6.09.